The van der Waals surface area contributed by atoms with Crippen LogP contribution in [0.5, 0.6) is 0 Å². The summed E-state index contributed by atoms with van der Waals surface area (Å²) in [5.74, 6) is 2.83. The van der Waals surface area contributed by atoms with E-state index in [1.54, 1.807) is 12.5 Å². The molecule has 3 nitrogen and oxygen atoms in total. The summed E-state index contributed by atoms with van der Waals surface area (Å²) >= 11 is 0. The van der Waals surface area contributed by atoms with Gasteiger partial charge in [0.25, 0.3) is 0 Å². The quantitative estimate of drug-likeness (QED) is 0.632. The number of rotatable bonds is 2. The van der Waals surface area contributed by atoms with Crippen LogP contribution >= 0.6 is 0 Å². The summed E-state index contributed by atoms with van der Waals surface area (Å²) < 4.78 is 3.79. The third-order valence-electron chi connectivity index (χ3n) is 1.70. The molecule has 0 spiro atoms. The van der Waals surface area contributed by atoms with Crippen LogP contribution < -0.4 is 0 Å². The van der Waals surface area contributed by atoms with Crippen LogP contribution in [0.3, 0.4) is 0 Å². The van der Waals surface area contributed by atoms with Gasteiger partial charge in [-0.15, -0.1) is 0 Å². The van der Waals surface area contributed by atoms with Crippen molar-refractivity contribution in [2.24, 2.45) is 0 Å². The van der Waals surface area contributed by atoms with E-state index in [0.717, 1.165) is 5.82 Å². The van der Waals surface area contributed by atoms with E-state index in [9.17, 15) is 0 Å². The molecule has 58 valence electrons. The zero-order valence-corrected chi connectivity index (χ0v) is 6.59. The molecule has 0 aliphatic heterocycles. The Morgan fingerprint density at radius 3 is 2.83 bits per heavy atom. The van der Waals surface area contributed by atoms with Crippen molar-refractivity contribution in [2.75, 3.05) is 0 Å². The molecule has 0 saturated heterocycles. The predicted octanol–water partition coefficient (Wildman–Crippen LogP) is 0.816. The van der Waals surface area contributed by atoms with Crippen molar-refractivity contribution in [3.8, 4) is 0 Å². The van der Waals surface area contributed by atoms with Crippen LogP contribution in [0.1, 0.15) is 0 Å². The Bertz CT molecular complexity index is 325. The number of imidazole rings is 1. The molecule has 0 bridgehead atoms. The zero-order valence-electron chi connectivity index (χ0n) is 6.59. The summed E-state index contributed by atoms with van der Waals surface area (Å²) in [4.78, 5) is 3.94. The first-order valence-corrected chi connectivity index (χ1v) is 3.68. The second kappa shape index (κ2) is 2.81. The predicted molar refractivity (Wildman–Crippen MR) is 47.7 cm³/mol. The van der Waals surface area contributed by atoms with Gasteiger partial charge in [-0.25, -0.2) is 0 Å². The van der Waals surface area contributed by atoms with Crippen molar-refractivity contribution in [3.05, 3.63) is 49.4 Å². The number of aromatic nitrogens is 3. The molecule has 0 aliphatic carbocycles. The Balaban J connectivity index is 2.34. The fourth-order valence-electron chi connectivity index (χ4n) is 1.05. The normalized spacial score (nSPS) is 9.67. The fourth-order valence-corrected chi connectivity index (χ4v) is 1.05. The van der Waals surface area contributed by atoms with Crippen LogP contribution in [0.4, 0.5) is 0 Å². The minimum absolute atomic E-state index is 0.873. The molecule has 0 amide bonds. The summed E-state index contributed by atoms with van der Waals surface area (Å²) in [6, 6.07) is 0. The van der Waals surface area contributed by atoms with Crippen molar-refractivity contribution in [2.45, 2.75) is 0 Å². The van der Waals surface area contributed by atoms with E-state index in [1.807, 2.05) is 40.5 Å². The van der Waals surface area contributed by atoms with Gasteiger partial charge >= 0.3 is 70.4 Å². The van der Waals surface area contributed by atoms with Crippen LogP contribution in [-0.4, -0.2) is 21.0 Å². The third-order valence-corrected chi connectivity index (χ3v) is 1.70. The van der Waals surface area contributed by atoms with Gasteiger partial charge in [0.1, 0.15) is 0 Å². The topological polar surface area (TPSA) is 22.8 Å². The molecule has 2 aromatic rings. The van der Waals surface area contributed by atoms with E-state index in [-0.39, 0.29) is 0 Å². The average molecular weight is 157 g/mol. The van der Waals surface area contributed by atoms with Gasteiger partial charge in [0.15, 0.2) is 0 Å². The van der Waals surface area contributed by atoms with Crippen molar-refractivity contribution < 1.29 is 0 Å². The van der Waals surface area contributed by atoms with Gasteiger partial charge in [-0.05, 0) is 0 Å². The van der Waals surface area contributed by atoms with Crippen molar-refractivity contribution in [1.82, 2.24) is 14.1 Å². The van der Waals surface area contributed by atoms with E-state index >= 15 is 0 Å². The van der Waals surface area contributed by atoms with Gasteiger partial charge in [0.05, 0.1) is 0 Å². The monoisotopic (exact) mass is 157 g/mol. The third kappa shape index (κ3) is 1.11. The Morgan fingerprint density at radius 2 is 2.25 bits per heavy atom. The van der Waals surface area contributed by atoms with Crippen molar-refractivity contribution in [3.63, 3.8) is 0 Å². The van der Waals surface area contributed by atoms with Crippen LogP contribution in [-0.2, 0) is 0 Å². The zero-order chi connectivity index (χ0) is 8.39. The molecular weight excluding hydrogens is 149 g/mol. The standard InChI is InChI=1S/C8H8BN3/c1-8(11-4-2-9-6-11)12-5-3-10-7-12/h2-7H,1H2. The molecule has 0 aromatic carbocycles. The molecular formula is C8H8BN3. The molecule has 0 atom stereocenters. The average Bonchev–Trinajstić information content (AvgIpc) is 2.77. The molecule has 0 aliphatic rings. The summed E-state index contributed by atoms with van der Waals surface area (Å²) in [5, 5.41) is 0. The Labute approximate surface area is 71.2 Å². The van der Waals surface area contributed by atoms with Crippen LogP contribution in [0, 0.1) is 5.82 Å². The van der Waals surface area contributed by atoms with Gasteiger partial charge in [0.2, 0.25) is 0 Å². The summed E-state index contributed by atoms with van der Waals surface area (Å²) in [6.45, 7) is 5.89. The molecule has 0 N–H and O–H groups in total. The van der Waals surface area contributed by atoms with Crippen LogP contribution in [0.15, 0.2) is 43.6 Å². The summed E-state index contributed by atoms with van der Waals surface area (Å²) in [5.41, 5.74) is 0. The van der Waals surface area contributed by atoms with E-state index < -0.39 is 0 Å². The minimum atomic E-state index is 0.873. The van der Waals surface area contributed by atoms with Gasteiger partial charge in [0, 0.05) is 0 Å². The Morgan fingerprint density at radius 1 is 1.33 bits per heavy atom. The molecule has 12 heavy (non-hydrogen) atoms. The van der Waals surface area contributed by atoms with E-state index in [2.05, 4.69) is 11.6 Å². The second-order valence-corrected chi connectivity index (χ2v) is 2.48. The molecule has 0 unspecified atom stereocenters. The molecule has 0 saturated carbocycles. The number of nitrogens with zero attached hydrogens (tertiary/aromatic N) is 3. The molecule has 2 heterocycles. The first-order valence-electron chi connectivity index (χ1n) is 3.68. The molecule has 2 aromatic heterocycles. The second-order valence-electron chi connectivity index (χ2n) is 2.48. The molecule has 2 rings (SSSR count). The summed E-state index contributed by atoms with van der Waals surface area (Å²) in [7, 11) is 0. The number of hydrogen-bond acceptors (Lipinski definition) is 1. The number of hydrogen-bond donors (Lipinski definition) is 0. The Kier molecular flexibility index (Phi) is 1.66. The summed E-state index contributed by atoms with van der Waals surface area (Å²) in [6.07, 6.45) is 9.21. The maximum absolute atomic E-state index is 3.94. The van der Waals surface area contributed by atoms with Gasteiger partial charge in [-0.2, -0.15) is 0 Å². The first kappa shape index (κ1) is 7.09. The van der Waals surface area contributed by atoms with Crippen LogP contribution in [0.25, 0.3) is 0 Å². The maximum atomic E-state index is 3.94. The van der Waals surface area contributed by atoms with Crippen LogP contribution in [0.2, 0.25) is 0 Å². The van der Waals surface area contributed by atoms with Gasteiger partial charge < -0.3 is 0 Å². The van der Waals surface area contributed by atoms with E-state index in [0.29, 0.717) is 0 Å². The van der Waals surface area contributed by atoms with Crippen molar-refractivity contribution >= 4 is 6.91 Å². The molecule has 0 fully saturated rings. The molecule has 4 heteroatoms. The molecule has 0 radical (unpaired) electrons. The fraction of sp³-hybridized carbons (Fsp3) is 0. The van der Waals surface area contributed by atoms with E-state index in [1.165, 1.54) is 0 Å². The first-order chi connectivity index (χ1) is 5.88. The van der Waals surface area contributed by atoms with E-state index in [4.69, 9.17) is 0 Å². The van der Waals surface area contributed by atoms with Crippen molar-refractivity contribution in [1.29, 1.82) is 0 Å². The van der Waals surface area contributed by atoms with Gasteiger partial charge in [-0.3, -0.25) is 0 Å². The van der Waals surface area contributed by atoms with Gasteiger partial charge in [-0.1, -0.05) is 0 Å². The Hall–Kier alpha value is -1.58. The SMILES string of the molecule is C=C(n1cbcc1)n1ccnc1.